The lowest BCUT2D eigenvalue weighted by molar-refractivity contribution is -0.136. The first-order valence-corrected chi connectivity index (χ1v) is 21.6. The van der Waals surface area contributed by atoms with Crippen LogP contribution in [-0.4, -0.2) is 86.7 Å². The maximum absolute atomic E-state index is 14.1. The van der Waals surface area contributed by atoms with Gasteiger partial charge in [-0.25, -0.2) is 0 Å². The number of H-pyrrole nitrogens is 1. The van der Waals surface area contributed by atoms with E-state index < -0.39 is 22.7 Å². The quantitative estimate of drug-likeness (QED) is 0.0935. The van der Waals surface area contributed by atoms with Gasteiger partial charge in [0.2, 0.25) is 11.8 Å². The van der Waals surface area contributed by atoms with Gasteiger partial charge in [-0.15, -0.1) is 0 Å². The highest BCUT2D eigenvalue weighted by atomic mass is 32.2. The number of aromatic nitrogens is 2. The van der Waals surface area contributed by atoms with Crippen molar-refractivity contribution in [3.05, 3.63) is 86.0 Å². The maximum atomic E-state index is 14.1. The Hall–Kier alpha value is -5.61. The number of carbonyl (C=O) groups excluding carboxylic acids is 5. The molecule has 3 aliphatic heterocycles. The van der Waals surface area contributed by atoms with Crippen molar-refractivity contribution in [2.75, 3.05) is 37.3 Å². The number of hydrogen-bond acceptors (Lipinski definition) is 9. The second-order valence-electron chi connectivity index (χ2n) is 15.9. The minimum atomic E-state index is -1.28. The van der Waals surface area contributed by atoms with E-state index >= 15 is 0 Å². The summed E-state index contributed by atoms with van der Waals surface area (Å²) in [6.07, 6.45) is 8.09. The van der Waals surface area contributed by atoms with Crippen molar-refractivity contribution in [3.63, 3.8) is 0 Å². The Kier molecular flexibility index (Phi) is 10.8. The van der Waals surface area contributed by atoms with Gasteiger partial charge in [-0.05, 0) is 79.3 Å². The molecule has 0 spiro atoms. The molecule has 4 aliphatic rings. The largest absolute Gasteiger partial charge is 0.366 e. The number of pyridine rings is 1. The van der Waals surface area contributed by atoms with Gasteiger partial charge in [-0.2, -0.15) is 0 Å². The van der Waals surface area contributed by atoms with Crippen molar-refractivity contribution in [1.29, 1.82) is 0 Å². The molecule has 2 aromatic heterocycles. The van der Waals surface area contributed by atoms with Gasteiger partial charge in [0.1, 0.15) is 17.3 Å². The molecule has 4 aromatic rings. The first kappa shape index (κ1) is 39.2. The number of benzene rings is 2. The first-order chi connectivity index (χ1) is 27.9. The van der Waals surface area contributed by atoms with Crippen LogP contribution in [0.3, 0.4) is 0 Å². The van der Waals surface area contributed by atoms with E-state index in [1.54, 1.807) is 30.5 Å². The molecular formula is C42H48N8O7S. The van der Waals surface area contributed by atoms with Crippen LogP contribution in [0.2, 0.25) is 0 Å². The van der Waals surface area contributed by atoms with Crippen LogP contribution in [0.1, 0.15) is 92.0 Å². The molecule has 2 aromatic carbocycles. The monoisotopic (exact) mass is 808 g/mol. The van der Waals surface area contributed by atoms with Crippen LogP contribution < -0.4 is 32.1 Å². The lowest BCUT2D eigenvalue weighted by Crippen LogP contribution is -2.52. The summed E-state index contributed by atoms with van der Waals surface area (Å²) in [6.45, 7) is 2.29. The van der Waals surface area contributed by atoms with Gasteiger partial charge in [0.25, 0.3) is 23.3 Å². The molecule has 2 atom stereocenters. The van der Waals surface area contributed by atoms with Crippen LogP contribution >= 0.6 is 0 Å². The van der Waals surface area contributed by atoms with E-state index in [4.69, 9.17) is 5.73 Å². The number of fused-ring (bicyclic) bond motifs is 3. The van der Waals surface area contributed by atoms with Crippen molar-refractivity contribution in [2.45, 2.75) is 69.8 Å². The fourth-order valence-corrected chi connectivity index (χ4v) is 9.33. The van der Waals surface area contributed by atoms with Gasteiger partial charge >= 0.3 is 0 Å². The number of unbranched alkanes of at least 4 members (excludes halogenated alkanes) is 1. The van der Waals surface area contributed by atoms with Gasteiger partial charge < -0.3 is 35.7 Å². The summed E-state index contributed by atoms with van der Waals surface area (Å²) in [5.74, 6) is -0.996. The summed E-state index contributed by atoms with van der Waals surface area (Å²) >= 11 is 0. The molecule has 0 bridgehead atoms. The number of imide groups is 1. The van der Waals surface area contributed by atoms with Crippen molar-refractivity contribution >= 4 is 56.9 Å². The lowest BCUT2D eigenvalue weighted by atomic mass is 9.95. The average Bonchev–Trinajstić information content (AvgIpc) is 3.87. The number of carbonyl (C=O) groups is 5. The van der Waals surface area contributed by atoms with E-state index in [0.717, 1.165) is 47.2 Å². The SMILES string of the molecule is Cn1cc2c3c(c(C(=O)NCCN)[nH]c3c1=O)CN(CC1CC1)c1cc(C(=O)NCCCCc3cccc4c3CN(C3CCC(=O)NC3=O)C4=O)c(CS(C)=O)cc1-2. The van der Waals surface area contributed by atoms with E-state index in [1.165, 1.54) is 4.57 Å². The van der Waals surface area contributed by atoms with Crippen LogP contribution in [0.15, 0.2) is 41.3 Å². The number of rotatable bonds is 14. The van der Waals surface area contributed by atoms with Gasteiger partial charge in [0.05, 0.1) is 0 Å². The second-order valence-corrected chi connectivity index (χ2v) is 17.3. The Balaban J connectivity index is 1.03. The van der Waals surface area contributed by atoms with Crippen LogP contribution in [0.5, 0.6) is 0 Å². The summed E-state index contributed by atoms with van der Waals surface area (Å²) in [5, 5.41) is 8.95. The number of nitrogens with two attached hydrogens (primary N) is 1. The number of amides is 5. The fourth-order valence-electron chi connectivity index (χ4n) is 8.65. The van der Waals surface area contributed by atoms with Crippen molar-refractivity contribution < 1.29 is 28.2 Å². The topological polar surface area (TPSA) is 209 Å². The molecule has 5 heterocycles. The van der Waals surface area contributed by atoms with Gasteiger partial charge in [0.15, 0.2) is 0 Å². The summed E-state index contributed by atoms with van der Waals surface area (Å²) < 4.78 is 14.3. The van der Waals surface area contributed by atoms with Crippen LogP contribution in [0, 0.1) is 5.92 Å². The molecule has 1 saturated carbocycles. The molecule has 1 aliphatic carbocycles. The Bertz CT molecular complexity index is 2470. The smallest absolute Gasteiger partial charge is 0.274 e. The van der Waals surface area contributed by atoms with Gasteiger partial charge in [0, 0.05) is 121 Å². The van der Waals surface area contributed by atoms with Crippen LogP contribution in [0.4, 0.5) is 5.69 Å². The van der Waals surface area contributed by atoms with E-state index in [1.807, 2.05) is 24.3 Å². The molecular weight excluding hydrogens is 761 g/mol. The molecule has 58 heavy (non-hydrogen) atoms. The molecule has 2 fully saturated rings. The molecule has 304 valence electrons. The third kappa shape index (κ3) is 7.46. The number of nitrogens with zero attached hydrogens (tertiary/aromatic N) is 3. The highest BCUT2D eigenvalue weighted by Crippen LogP contribution is 2.45. The molecule has 0 radical (unpaired) electrons. The molecule has 2 unspecified atom stereocenters. The Morgan fingerprint density at radius 2 is 1.72 bits per heavy atom. The Morgan fingerprint density at radius 3 is 2.47 bits per heavy atom. The number of anilines is 1. The molecule has 8 rings (SSSR count). The zero-order valence-corrected chi connectivity index (χ0v) is 33.5. The van der Waals surface area contributed by atoms with Gasteiger partial charge in [-0.3, -0.25) is 38.3 Å². The molecule has 1 saturated heterocycles. The first-order valence-electron chi connectivity index (χ1n) is 19.9. The number of aromatic amines is 1. The highest BCUT2D eigenvalue weighted by Gasteiger charge is 2.40. The summed E-state index contributed by atoms with van der Waals surface area (Å²) in [6, 6.07) is 8.75. The third-order valence-corrected chi connectivity index (χ3v) is 12.4. The predicted molar refractivity (Wildman–Crippen MR) is 220 cm³/mol. The van der Waals surface area contributed by atoms with Crippen molar-refractivity contribution in [2.24, 2.45) is 18.7 Å². The number of piperidine rings is 1. The molecule has 6 N–H and O–H groups in total. The zero-order valence-electron chi connectivity index (χ0n) is 32.7. The Morgan fingerprint density at radius 1 is 0.931 bits per heavy atom. The molecule has 15 nitrogen and oxygen atoms in total. The summed E-state index contributed by atoms with van der Waals surface area (Å²) in [7, 11) is 0.395. The summed E-state index contributed by atoms with van der Waals surface area (Å²) in [5.41, 5.74) is 12.7. The van der Waals surface area contributed by atoms with Gasteiger partial charge in [-0.1, -0.05) is 12.1 Å². The standard InChI is InChI=1S/C42H48N8O7S/c1-48-19-30-28-16-25(22-58(2)57)27(17-33(28)49(18-23-9-10-23)20-31-35(30)37(42(48)56)47-36(31)40(54)45-15-13-43)38(52)44-14-4-3-6-24-7-5-8-26-29(24)21-50(41(26)55)32-11-12-34(51)46-39(32)53/h5,7-8,16-17,19,23,32,47H,3-4,6,9-15,18,20-22,43H2,1-2H3,(H,44,52)(H,45,54)(H,46,51,53). The lowest BCUT2D eigenvalue weighted by Gasteiger charge is -2.29. The van der Waals surface area contributed by atoms with Crippen molar-refractivity contribution in [1.82, 2.24) is 30.4 Å². The minimum absolute atomic E-state index is 0.147. The van der Waals surface area contributed by atoms with E-state index in [9.17, 15) is 33.0 Å². The van der Waals surface area contributed by atoms with Crippen LogP contribution in [0.25, 0.3) is 22.0 Å². The second kappa shape index (κ2) is 16.0. The summed E-state index contributed by atoms with van der Waals surface area (Å²) in [4.78, 5) is 85.5. The number of aryl methyl sites for hydroxylation is 2. The third-order valence-electron chi connectivity index (χ3n) is 11.7. The average molecular weight is 809 g/mol. The maximum Gasteiger partial charge on any atom is 0.274 e. The molecule has 16 heteroatoms. The molecule has 5 amide bonds. The minimum Gasteiger partial charge on any atom is -0.366 e. The fraction of sp³-hybridized carbons (Fsp3) is 0.429. The van der Waals surface area contributed by atoms with Crippen molar-refractivity contribution in [3.8, 4) is 11.1 Å². The van der Waals surface area contributed by atoms with E-state index in [2.05, 4.69) is 25.8 Å². The number of hydrogen-bond donors (Lipinski definition) is 5. The van der Waals surface area contributed by atoms with Crippen LogP contribution in [-0.2, 0) is 52.7 Å². The Labute approximate surface area is 337 Å². The zero-order chi connectivity index (χ0) is 40.8. The highest BCUT2D eigenvalue weighted by molar-refractivity contribution is 7.83. The normalized spacial score (nSPS) is 17.8. The van der Waals surface area contributed by atoms with E-state index in [0.29, 0.717) is 90.2 Å². The number of nitrogens with one attached hydrogen (secondary N) is 4. The predicted octanol–water partition coefficient (Wildman–Crippen LogP) is 2.34. The van der Waals surface area contributed by atoms with E-state index in [-0.39, 0.29) is 54.5 Å².